The molecule has 0 saturated carbocycles. The Morgan fingerprint density at radius 1 is 1.38 bits per heavy atom. The van der Waals surface area contributed by atoms with Crippen molar-refractivity contribution in [1.29, 1.82) is 0 Å². The minimum Gasteiger partial charge on any atom is -0.349 e. The van der Waals surface area contributed by atoms with Crippen LogP contribution in [-0.2, 0) is 18.4 Å². The molecule has 1 N–H and O–H groups in total. The molecule has 0 aliphatic rings. The van der Waals surface area contributed by atoms with Crippen molar-refractivity contribution in [2.24, 2.45) is 7.05 Å². The van der Waals surface area contributed by atoms with Crippen molar-refractivity contribution < 1.29 is 4.79 Å². The number of carbonyl (C=O) groups excluding carboxylic acids is 1. The van der Waals surface area contributed by atoms with E-state index in [1.165, 1.54) is 0 Å². The lowest BCUT2D eigenvalue weighted by molar-refractivity contribution is -0.124. The molecule has 0 spiro atoms. The van der Waals surface area contributed by atoms with Crippen molar-refractivity contribution >= 4 is 21.8 Å². The highest BCUT2D eigenvalue weighted by Gasteiger charge is 2.20. The zero-order valence-electron chi connectivity index (χ0n) is 12.9. The van der Waals surface area contributed by atoms with Crippen LogP contribution >= 0.6 is 15.9 Å². The highest BCUT2D eigenvalue weighted by molar-refractivity contribution is 9.10. The molecule has 21 heavy (non-hydrogen) atoms. The summed E-state index contributed by atoms with van der Waals surface area (Å²) in [6, 6.07) is 1.60. The van der Waals surface area contributed by atoms with Gasteiger partial charge in [0.2, 0.25) is 5.91 Å². The average Bonchev–Trinajstić information content (AvgIpc) is 2.90. The van der Waals surface area contributed by atoms with Crippen molar-refractivity contribution in [2.45, 2.75) is 40.3 Å². The van der Waals surface area contributed by atoms with Gasteiger partial charge in [0.05, 0.1) is 28.1 Å². The van der Waals surface area contributed by atoms with Gasteiger partial charge in [-0.05, 0) is 49.7 Å². The van der Waals surface area contributed by atoms with Crippen molar-refractivity contribution in [3.63, 3.8) is 0 Å². The third kappa shape index (κ3) is 3.18. The molecule has 0 aliphatic carbocycles. The number of amides is 1. The first-order chi connectivity index (χ1) is 9.81. The molecule has 0 aliphatic heterocycles. The van der Waals surface area contributed by atoms with Crippen LogP contribution < -0.4 is 5.32 Å². The van der Waals surface area contributed by atoms with Crippen LogP contribution in [0.4, 0.5) is 0 Å². The number of hydrogen-bond donors (Lipinski definition) is 1. The van der Waals surface area contributed by atoms with Gasteiger partial charge in [-0.15, -0.1) is 0 Å². The summed E-state index contributed by atoms with van der Waals surface area (Å²) in [6.07, 6.45) is 0. The molecule has 0 fully saturated rings. The number of carbonyl (C=O) groups is 1. The van der Waals surface area contributed by atoms with Crippen LogP contribution in [0.25, 0.3) is 0 Å². The molecule has 7 heteroatoms. The van der Waals surface area contributed by atoms with Gasteiger partial charge in [0.15, 0.2) is 0 Å². The van der Waals surface area contributed by atoms with E-state index in [0.717, 1.165) is 27.2 Å². The maximum atomic E-state index is 12.3. The van der Waals surface area contributed by atoms with Gasteiger partial charge in [0, 0.05) is 12.7 Å². The molecule has 2 aromatic rings. The maximum absolute atomic E-state index is 12.3. The first-order valence-electron chi connectivity index (χ1n) is 6.79. The minimum atomic E-state index is -0.361. The first-order valence-corrected chi connectivity index (χ1v) is 7.59. The topological polar surface area (TPSA) is 64.7 Å². The molecule has 0 bridgehead atoms. The average molecular weight is 354 g/mol. The monoisotopic (exact) mass is 353 g/mol. The summed E-state index contributed by atoms with van der Waals surface area (Å²) < 4.78 is 4.48. The Hall–Kier alpha value is -1.63. The van der Waals surface area contributed by atoms with Crippen molar-refractivity contribution in [3.05, 3.63) is 33.3 Å². The van der Waals surface area contributed by atoms with Gasteiger partial charge in [0.1, 0.15) is 6.04 Å². The Kier molecular flexibility index (Phi) is 4.51. The van der Waals surface area contributed by atoms with Crippen LogP contribution in [0.3, 0.4) is 0 Å². The molecule has 1 amide bonds. The molecule has 0 saturated heterocycles. The molecule has 6 nitrogen and oxygen atoms in total. The largest absolute Gasteiger partial charge is 0.349 e. The van der Waals surface area contributed by atoms with Crippen LogP contribution in [0.15, 0.2) is 10.5 Å². The highest BCUT2D eigenvalue weighted by Crippen LogP contribution is 2.22. The van der Waals surface area contributed by atoms with Crippen LogP contribution in [0, 0.1) is 20.8 Å². The quantitative estimate of drug-likeness (QED) is 0.915. The number of aryl methyl sites for hydroxylation is 3. The lowest BCUT2D eigenvalue weighted by Crippen LogP contribution is -2.31. The Balaban J connectivity index is 2.04. The predicted octanol–water partition coefficient (Wildman–Crippen LogP) is 2.18. The normalized spacial score (nSPS) is 12.5. The molecular formula is C14H20BrN5O. The van der Waals surface area contributed by atoms with E-state index < -0.39 is 0 Å². The molecule has 2 aromatic heterocycles. The van der Waals surface area contributed by atoms with Crippen molar-refractivity contribution in [3.8, 4) is 0 Å². The zero-order chi connectivity index (χ0) is 15.7. The molecular weight excluding hydrogens is 334 g/mol. The number of aromatic nitrogens is 4. The van der Waals surface area contributed by atoms with E-state index in [2.05, 4.69) is 31.4 Å². The molecule has 2 heterocycles. The van der Waals surface area contributed by atoms with Crippen LogP contribution in [0.1, 0.15) is 35.7 Å². The van der Waals surface area contributed by atoms with E-state index in [1.807, 2.05) is 40.8 Å². The summed E-state index contributed by atoms with van der Waals surface area (Å²) in [5, 5.41) is 11.6. The van der Waals surface area contributed by atoms with Gasteiger partial charge in [0.25, 0.3) is 0 Å². The summed E-state index contributed by atoms with van der Waals surface area (Å²) in [7, 11) is 1.89. The van der Waals surface area contributed by atoms with E-state index in [-0.39, 0.29) is 11.9 Å². The summed E-state index contributed by atoms with van der Waals surface area (Å²) in [5.41, 5.74) is 3.75. The van der Waals surface area contributed by atoms with Crippen molar-refractivity contribution in [1.82, 2.24) is 24.9 Å². The summed E-state index contributed by atoms with van der Waals surface area (Å²) in [6.45, 7) is 8.09. The zero-order valence-corrected chi connectivity index (χ0v) is 14.5. The van der Waals surface area contributed by atoms with Gasteiger partial charge in [-0.2, -0.15) is 10.2 Å². The Morgan fingerprint density at radius 3 is 2.52 bits per heavy atom. The van der Waals surface area contributed by atoms with E-state index in [9.17, 15) is 4.79 Å². The summed E-state index contributed by atoms with van der Waals surface area (Å²) in [4.78, 5) is 12.3. The summed E-state index contributed by atoms with van der Waals surface area (Å²) >= 11 is 3.48. The van der Waals surface area contributed by atoms with E-state index in [1.54, 1.807) is 9.36 Å². The molecule has 1 unspecified atom stereocenters. The second-order valence-electron chi connectivity index (χ2n) is 5.22. The number of hydrogen-bond acceptors (Lipinski definition) is 3. The number of halogens is 1. The number of nitrogens with zero attached hydrogens (tertiary/aromatic N) is 4. The molecule has 0 aromatic carbocycles. The van der Waals surface area contributed by atoms with Gasteiger partial charge in [-0.25, -0.2) is 0 Å². The number of rotatable bonds is 4. The van der Waals surface area contributed by atoms with Gasteiger partial charge in [-0.3, -0.25) is 14.2 Å². The van der Waals surface area contributed by atoms with E-state index in [0.29, 0.717) is 6.54 Å². The number of nitrogens with one attached hydrogen (secondary N) is 1. The first kappa shape index (κ1) is 15.8. The molecule has 1 atom stereocenters. The fraction of sp³-hybridized carbons (Fsp3) is 0.500. The lowest BCUT2D eigenvalue weighted by atomic mass is 10.3. The lowest BCUT2D eigenvalue weighted by Gasteiger charge is -2.14. The smallest absolute Gasteiger partial charge is 0.244 e. The van der Waals surface area contributed by atoms with Crippen molar-refractivity contribution in [2.75, 3.05) is 0 Å². The third-order valence-corrected chi connectivity index (χ3v) is 4.74. The minimum absolute atomic E-state index is 0.0728. The van der Waals surface area contributed by atoms with Crippen LogP contribution in [0.5, 0.6) is 0 Å². The Bertz CT molecular complexity index is 654. The SMILES string of the molecule is Cc1nn(C(C)C(=O)NCc2cc(C)n(C)n2)c(C)c1Br. The fourth-order valence-corrected chi connectivity index (χ4v) is 2.44. The van der Waals surface area contributed by atoms with E-state index >= 15 is 0 Å². The third-order valence-electron chi connectivity index (χ3n) is 3.59. The Labute approximate surface area is 132 Å². The molecule has 114 valence electrons. The van der Waals surface area contributed by atoms with Gasteiger partial charge in [-0.1, -0.05) is 0 Å². The second kappa shape index (κ2) is 6.01. The maximum Gasteiger partial charge on any atom is 0.244 e. The Morgan fingerprint density at radius 2 is 2.05 bits per heavy atom. The fourth-order valence-electron chi connectivity index (χ4n) is 2.18. The predicted molar refractivity (Wildman–Crippen MR) is 83.9 cm³/mol. The standard InChI is InChI=1S/C14H20BrN5O/c1-8-6-12(18-19(8)5)7-16-14(21)11(4)20-10(3)13(15)9(2)17-20/h6,11H,7H2,1-5H3,(H,16,21). The van der Waals surface area contributed by atoms with Crippen LogP contribution in [-0.4, -0.2) is 25.5 Å². The van der Waals surface area contributed by atoms with Crippen LogP contribution in [0.2, 0.25) is 0 Å². The van der Waals surface area contributed by atoms with E-state index in [4.69, 9.17) is 0 Å². The van der Waals surface area contributed by atoms with Gasteiger partial charge < -0.3 is 5.32 Å². The van der Waals surface area contributed by atoms with Gasteiger partial charge >= 0.3 is 0 Å². The molecule has 0 radical (unpaired) electrons. The second-order valence-corrected chi connectivity index (χ2v) is 6.02. The highest BCUT2D eigenvalue weighted by atomic mass is 79.9. The molecule has 2 rings (SSSR count). The summed E-state index contributed by atoms with van der Waals surface area (Å²) in [5.74, 6) is -0.0728.